The van der Waals surface area contributed by atoms with Crippen LogP contribution in [0, 0.1) is 0 Å². The summed E-state index contributed by atoms with van der Waals surface area (Å²) < 4.78 is 5.85. The lowest BCUT2D eigenvalue weighted by Gasteiger charge is -2.28. The number of anilines is 1. The van der Waals surface area contributed by atoms with Crippen molar-refractivity contribution >= 4 is 24.0 Å². The van der Waals surface area contributed by atoms with Crippen molar-refractivity contribution in [1.82, 2.24) is 5.32 Å². The van der Waals surface area contributed by atoms with Gasteiger partial charge in [0.25, 0.3) is 5.91 Å². The summed E-state index contributed by atoms with van der Waals surface area (Å²) in [6.45, 7) is 1.55. The van der Waals surface area contributed by atoms with Crippen LogP contribution in [-0.4, -0.2) is 38.6 Å². The van der Waals surface area contributed by atoms with Crippen molar-refractivity contribution in [3.05, 3.63) is 65.7 Å². The molecule has 0 saturated carbocycles. The number of fused-ring (bicyclic) bond motifs is 1. The summed E-state index contributed by atoms with van der Waals surface area (Å²) in [7, 11) is 3.53. The summed E-state index contributed by atoms with van der Waals surface area (Å²) in [5.41, 5.74) is 1.69. The van der Waals surface area contributed by atoms with Crippen LogP contribution in [-0.2, 0) is 15.1 Å². The molecule has 2 aromatic rings. The second kappa shape index (κ2) is 8.97. The Kier molecular flexibility index (Phi) is 7.58. The fraction of sp³-hybridized carbons (Fsp3) is 0.316. The van der Waals surface area contributed by atoms with Gasteiger partial charge < -0.3 is 20.4 Å². The van der Waals surface area contributed by atoms with E-state index < -0.39 is 5.60 Å². The number of amides is 1. The normalized spacial score (nSPS) is 18.3. The van der Waals surface area contributed by atoms with Crippen molar-refractivity contribution in [1.29, 1.82) is 0 Å². The third-order valence-electron chi connectivity index (χ3n) is 4.42. The first-order chi connectivity index (χ1) is 11.3. The molecule has 1 heterocycles. The summed E-state index contributed by atoms with van der Waals surface area (Å²) >= 11 is 0. The smallest absolute Gasteiger partial charge is 0.268 e. The summed E-state index contributed by atoms with van der Waals surface area (Å²) in [5, 5.41) is 3.13. The van der Waals surface area contributed by atoms with Crippen molar-refractivity contribution in [2.75, 3.05) is 32.1 Å². The maximum atomic E-state index is 13.3. The van der Waals surface area contributed by atoms with Crippen LogP contribution in [0.4, 0.5) is 5.69 Å². The minimum Gasteiger partial charge on any atom is -0.412 e. The van der Waals surface area contributed by atoms with Crippen LogP contribution in [0.2, 0.25) is 0 Å². The van der Waals surface area contributed by atoms with Gasteiger partial charge in [-0.15, -0.1) is 12.4 Å². The van der Waals surface area contributed by atoms with Gasteiger partial charge in [0.1, 0.15) is 0 Å². The number of nitrogens with one attached hydrogen (secondary N) is 1. The van der Waals surface area contributed by atoms with Crippen molar-refractivity contribution in [3.63, 3.8) is 0 Å². The van der Waals surface area contributed by atoms with E-state index in [1.54, 1.807) is 7.11 Å². The Morgan fingerprint density at radius 2 is 1.72 bits per heavy atom. The molecule has 0 spiro atoms. The van der Waals surface area contributed by atoms with E-state index in [9.17, 15) is 4.79 Å². The lowest BCUT2D eigenvalue weighted by Crippen LogP contribution is -2.43. The van der Waals surface area contributed by atoms with E-state index in [0.29, 0.717) is 6.54 Å². The van der Waals surface area contributed by atoms with Crippen molar-refractivity contribution in [2.24, 2.45) is 0 Å². The quantitative estimate of drug-likeness (QED) is 0.798. The van der Waals surface area contributed by atoms with Gasteiger partial charge in [0, 0.05) is 19.2 Å². The lowest BCUT2D eigenvalue weighted by atomic mass is 9.87. The van der Waals surface area contributed by atoms with Gasteiger partial charge in [0.05, 0.1) is 5.69 Å². The molecule has 1 aliphatic rings. The third-order valence-corrected chi connectivity index (χ3v) is 4.42. The maximum absolute atomic E-state index is 13.3. The van der Waals surface area contributed by atoms with Crippen LogP contribution in [0.3, 0.4) is 0 Å². The van der Waals surface area contributed by atoms with Gasteiger partial charge >= 0.3 is 0 Å². The van der Waals surface area contributed by atoms with Gasteiger partial charge in [-0.2, -0.15) is 0 Å². The van der Waals surface area contributed by atoms with Crippen molar-refractivity contribution < 1.29 is 15.0 Å². The first-order valence-electron chi connectivity index (χ1n) is 7.92. The van der Waals surface area contributed by atoms with Gasteiger partial charge in [-0.1, -0.05) is 48.5 Å². The second-order valence-corrected chi connectivity index (χ2v) is 5.68. The number of rotatable bonds is 6. The average molecular weight is 365 g/mol. The standard InChI is InChI=1S/C19H22N2O2.ClH.H2O/c1-20-13-8-14-21-17-12-7-6-11-16(17)19(23-2,18(21)22)15-9-4-3-5-10-15;;/h3-7,9-12,20H,8,13-14H2,1-2H3;1H;1H2. The van der Waals surface area contributed by atoms with Gasteiger partial charge in [0.15, 0.2) is 5.60 Å². The number of nitrogens with zero attached hydrogens (tertiary/aromatic N) is 1. The third kappa shape index (κ3) is 3.41. The van der Waals surface area contributed by atoms with E-state index in [2.05, 4.69) is 5.32 Å². The summed E-state index contributed by atoms with van der Waals surface area (Å²) in [4.78, 5) is 15.1. The van der Waals surface area contributed by atoms with E-state index in [1.807, 2.05) is 66.5 Å². The van der Waals surface area contributed by atoms with Gasteiger partial charge in [-0.3, -0.25) is 4.79 Å². The van der Waals surface area contributed by atoms with Crippen molar-refractivity contribution in [2.45, 2.75) is 12.0 Å². The molecule has 0 bridgehead atoms. The topological polar surface area (TPSA) is 73.1 Å². The summed E-state index contributed by atoms with van der Waals surface area (Å²) in [6, 6.07) is 17.6. The van der Waals surface area contributed by atoms with Crippen LogP contribution in [0.25, 0.3) is 0 Å². The molecule has 0 aromatic heterocycles. The highest BCUT2D eigenvalue weighted by atomic mass is 35.5. The average Bonchev–Trinajstić information content (AvgIpc) is 2.85. The fourth-order valence-corrected chi connectivity index (χ4v) is 3.32. The van der Waals surface area contributed by atoms with Crippen LogP contribution < -0.4 is 10.2 Å². The molecule has 3 rings (SSSR count). The Labute approximate surface area is 154 Å². The molecule has 2 aromatic carbocycles. The minimum absolute atomic E-state index is 0. The van der Waals surface area contributed by atoms with Crippen LogP contribution in [0.15, 0.2) is 54.6 Å². The highest BCUT2D eigenvalue weighted by Crippen LogP contribution is 2.46. The molecule has 0 radical (unpaired) electrons. The number of para-hydroxylation sites is 1. The molecule has 1 amide bonds. The minimum atomic E-state index is -1.04. The number of halogens is 1. The first-order valence-corrected chi connectivity index (χ1v) is 7.92. The molecule has 6 heteroatoms. The van der Waals surface area contributed by atoms with Crippen LogP contribution in [0.5, 0.6) is 0 Å². The summed E-state index contributed by atoms with van der Waals surface area (Å²) in [5.74, 6) is -0.0106. The molecule has 1 atom stereocenters. The highest BCUT2D eigenvalue weighted by Gasteiger charge is 2.52. The molecule has 1 aliphatic heterocycles. The molecule has 1 unspecified atom stereocenters. The zero-order valence-electron chi connectivity index (χ0n) is 14.5. The Hall–Kier alpha value is -1.92. The number of hydrogen-bond donors (Lipinski definition) is 1. The second-order valence-electron chi connectivity index (χ2n) is 5.68. The van der Waals surface area contributed by atoms with E-state index in [4.69, 9.17) is 4.74 Å². The highest BCUT2D eigenvalue weighted by molar-refractivity contribution is 6.09. The molecule has 0 aliphatic carbocycles. The number of carbonyl (C=O) groups excluding carboxylic acids is 1. The molecule has 136 valence electrons. The molecular weight excluding hydrogens is 340 g/mol. The number of ether oxygens (including phenoxy) is 1. The monoisotopic (exact) mass is 364 g/mol. The molecule has 25 heavy (non-hydrogen) atoms. The Morgan fingerprint density at radius 1 is 1.08 bits per heavy atom. The molecule has 0 saturated heterocycles. The predicted octanol–water partition coefficient (Wildman–Crippen LogP) is 2.13. The molecule has 5 nitrogen and oxygen atoms in total. The van der Waals surface area contributed by atoms with E-state index in [0.717, 1.165) is 29.8 Å². The lowest BCUT2D eigenvalue weighted by molar-refractivity contribution is -0.135. The SMILES string of the molecule is CNCCCN1C(=O)C(OC)(c2ccccc2)c2ccccc21.Cl.O. The van der Waals surface area contributed by atoms with Gasteiger partial charge in [-0.05, 0) is 31.6 Å². The number of benzene rings is 2. The van der Waals surface area contributed by atoms with E-state index >= 15 is 0 Å². The molecular formula is C19H25ClN2O3. The Balaban J connectivity index is 0.00000156. The summed E-state index contributed by atoms with van der Waals surface area (Å²) in [6.07, 6.45) is 0.894. The fourth-order valence-electron chi connectivity index (χ4n) is 3.32. The Morgan fingerprint density at radius 3 is 2.36 bits per heavy atom. The van der Waals surface area contributed by atoms with Gasteiger partial charge in [-0.25, -0.2) is 0 Å². The zero-order chi connectivity index (χ0) is 16.3. The van der Waals surface area contributed by atoms with E-state index in [1.165, 1.54) is 0 Å². The largest absolute Gasteiger partial charge is 0.412 e. The van der Waals surface area contributed by atoms with Crippen molar-refractivity contribution in [3.8, 4) is 0 Å². The zero-order valence-corrected chi connectivity index (χ0v) is 15.3. The maximum Gasteiger partial charge on any atom is 0.268 e. The van der Waals surface area contributed by atoms with Gasteiger partial charge in [0.2, 0.25) is 0 Å². The van der Waals surface area contributed by atoms with Crippen LogP contribution in [0.1, 0.15) is 17.5 Å². The van der Waals surface area contributed by atoms with E-state index in [-0.39, 0.29) is 23.8 Å². The first kappa shape index (κ1) is 21.1. The van der Waals surface area contributed by atoms with Crippen LogP contribution >= 0.6 is 12.4 Å². The molecule has 3 N–H and O–H groups in total. The Bertz CT molecular complexity index is 696. The molecule has 0 fully saturated rings. The number of hydrogen-bond acceptors (Lipinski definition) is 3. The predicted molar refractivity (Wildman–Crippen MR) is 102 cm³/mol. The number of methoxy groups -OCH3 is 1. The number of carbonyl (C=O) groups is 1.